The monoisotopic (exact) mass is 274 g/mol. The van der Waals surface area contributed by atoms with Crippen molar-refractivity contribution in [3.8, 4) is 6.01 Å². The summed E-state index contributed by atoms with van der Waals surface area (Å²) >= 11 is 7.70. The number of nitrogens with zero attached hydrogens (tertiary/aromatic N) is 3. The number of thioether (sulfide) groups is 1. The van der Waals surface area contributed by atoms with E-state index in [0.717, 1.165) is 18.1 Å². The Morgan fingerprint density at radius 2 is 2.18 bits per heavy atom. The molecule has 0 aliphatic heterocycles. The standard InChI is InChI=1S/C10H15ClN4OS/c1-16-10-14-8(11)13-9(15-10)12-6-3-4-7(5-6)17-2/h6-7H,3-5H2,1-2H3,(H,12,13,14,15). The summed E-state index contributed by atoms with van der Waals surface area (Å²) in [5.74, 6) is 0.494. The highest BCUT2D eigenvalue weighted by atomic mass is 35.5. The minimum absolute atomic E-state index is 0.152. The van der Waals surface area contributed by atoms with Crippen LogP contribution in [0.3, 0.4) is 0 Å². The van der Waals surface area contributed by atoms with Gasteiger partial charge in [0.15, 0.2) is 0 Å². The normalized spacial score (nSPS) is 23.7. The van der Waals surface area contributed by atoms with Crippen LogP contribution in [-0.2, 0) is 0 Å². The zero-order valence-electron chi connectivity index (χ0n) is 9.81. The van der Waals surface area contributed by atoms with Gasteiger partial charge in [-0.3, -0.25) is 0 Å². The highest BCUT2D eigenvalue weighted by molar-refractivity contribution is 7.99. The molecule has 1 aromatic heterocycles. The van der Waals surface area contributed by atoms with Crippen molar-refractivity contribution in [2.45, 2.75) is 30.6 Å². The number of hydrogen-bond acceptors (Lipinski definition) is 6. The third-order valence-electron chi connectivity index (χ3n) is 2.82. The van der Waals surface area contributed by atoms with Crippen LogP contribution in [0.25, 0.3) is 0 Å². The van der Waals surface area contributed by atoms with Crippen molar-refractivity contribution in [3.05, 3.63) is 5.28 Å². The van der Waals surface area contributed by atoms with Crippen LogP contribution in [-0.4, -0.2) is 39.6 Å². The number of nitrogens with one attached hydrogen (secondary N) is 1. The van der Waals surface area contributed by atoms with Crippen molar-refractivity contribution in [1.29, 1.82) is 0 Å². The molecule has 2 rings (SSSR count). The summed E-state index contributed by atoms with van der Waals surface area (Å²) in [5, 5.41) is 4.16. The number of ether oxygens (including phenoxy) is 1. The smallest absolute Gasteiger partial charge is 0.322 e. The number of anilines is 1. The third-order valence-corrected chi connectivity index (χ3v) is 4.09. The van der Waals surface area contributed by atoms with Crippen LogP contribution in [0.5, 0.6) is 6.01 Å². The molecule has 0 bridgehead atoms. The molecule has 0 aromatic carbocycles. The van der Waals surface area contributed by atoms with Crippen molar-refractivity contribution in [1.82, 2.24) is 15.0 Å². The minimum Gasteiger partial charge on any atom is -0.467 e. The Bertz CT molecular complexity index is 393. The van der Waals surface area contributed by atoms with E-state index >= 15 is 0 Å². The quantitative estimate of drug-likeness (QED) is 0.909. The van der Waals surface area contributed by atoms with E-state index in [0.29, 0.717) is 12.0 Å². The first-order valence-electron chi connectivity index (χ1n) is 5.46. The summed E-state index contributed by atoms with van der Waals surface area (Å²) in [7, 11) is 1.51. The van der Waals surface area contributed by atoms with Crippen LogP contribution in [0, 0.1) is 0 Å². The van der Waals surface area contributed by atoms with Gasteiger partial charge in [-0.15, -0.1) is 0 Å². The van der Waals surface area contributed by atoms with Crippen LogP contribution in [0.2, 0.25) is 5.28 Å². The molecule has 0 spiro atoms. The van der Waals surface area contributed by atoms with E-state index < -0.39 is 0 Å². The maximum atomic E-state index is 5.78. The summed E-state index contributed by atoms with van der Waals surface area (Å²) in [6.07, 6.45) is 5.65. The summed E-state index contributed by atoms with van der Waals surface area (Å²) in [4.78, 5) is 12.0. The summed E-state index contributed by atoms with van der Waals surface area (Å²) < 4.78 is 4.95. The lowest BCUT2D eigenvalue weighted by Crippen LogP contribution is -2.18. The van der Waals surface area contributed by atoms with Gasteiger partial charge in [0.25, 0.3) is 0 Å². The highest BCUT2D eigenvalue weighted by Gasteiger charge is 2.24. The van der Waals surface area contributed by atoms with Gasteiger partial charge in [0.1, 0.15) is 0 Å². The SMILES string of the molecule is COc1nc(Cl)nc(NC2CCC(SC)C2)n1. The van der Waals surface area contributed by atoms with Crippen molar-refractivity contribution in [2.75, 3.05) is 18.7 Å². The van der Waals surface area contributed by atoms with Crippen molar-refractivity contribution < 1.29 is 4.74 Å². The summed E-state index contributed by atoms with van der Waals surface area (Å²) in [5.41, 5.74) is 0. The van der Waals surface area contributed by atoms with Gasteiger partial charge in [0.2, 0.25) is 11.2 Å². The second kappa shape index (κ2) is 5.73. The van der Waals surface area contributed by atoms with Gasteiger partial charge in [-0.1, -0.05) is 0 Å². The molecule has 1 saturated carbocycles. The Morgan fingerprint density at radius 3 is 2.82 bits per heavy atom. The molecule has 2 atom stereocenters. The predicted octanol–water partition coefficient (Wildman–Crippen LogP) is 2.23. The fourth-order valence-corrected chi connectivity index (χ4v) is 2.90. The average molecular weight is 275 g/mol. The molecule has 0 radical (unpaired) electrons. The Morgan fingerprint density at radius 1 is 1.35 bits per heavy atom. The van der Waals surface area contributed by atoms with Crippen molar-refractivity contribution in [3.63, 3.8) is 0 Å². The Hall–Kier alpha value is -0.750. The van der Waals surface area contributed by atoms with E-state index in [-0.39, 0.29) is 11.3 Å². The van der Waals surface area contributed by atoms with Crippen LogP contribution < -0.4 is 10.1 Å². The number of halogens is 1. The molecule has 1 aliphatic carbocycles. The van der Waals surface area contributed by atoms with Crippen LogP contribution in [0.1, 0.15) is 19.3 Å². The van der Waals surface area contributed by atoms with Gasteiger partial charge in [-0.05, 0) is 37.1 Å². The molecule has 17 heavy (non-hydrogen) atoms. The zero-order chi connectivity index (χ0) is 12.3. The molecule has 94 valence electrons. The summed E-state index contributed by atoms with van der Waals surface area (Å²) in [6, 6.07) is 0.655. The second-order valence-electron chi connectivity index (χ2n) is 3.93. The second-order valence-corrected chi connectivity index (χ2v) is 5.40. The fraction of sp³-hybridized carbons (Fsp3) is 0.700. The molecule has 0 saturated heterocycles. The predicted molar refractivity (Wildman–Crippen MR) is 70.0 cm³/mol. The molecule has 1 heterocycles. The third kappa shape index (κ3) is 3.35. The van der Waals surface area contributed by atoms with Gasteiger partial charge in [-0.25, -0.2) is 0 Å². The van der Waals surface area contributed by atoms with Gasteiger partial charge in [0.05, 0.1) is 7.11 Å². The van der Waals surface area contributed by atoms with Crippen LogP contribution >= 0.6 is 23.4 Å². The van der Waals surface area contributed by atoms with E-state index in [9.17, 15) is 0 Å². The Balaban J connectivity index is 2.01. The highest BCUT2D eigenvalue weighted by Crippen LogP contribution is 2.29. The lowest BCUT2D eigenvalue weighted by Gasteiger charge is -2.12. The molecule has 2 unspecified atom stereocenters. The number of aromatic nitrogens is 3. The van der Waals surface area contributed by atoms with Crippen LogP contribution in [0.4, 0.5) is 5.95 Å². The number of hydrogen-bond donors (Lipinski definition) is 1. The first-order chi connectivity index (χ1) is 8.21. The van der Waals surface area contributed by atoms with Gasteiger partial charge < -0.3 is 10.1 Å². The van der Waals surface area contributed by atoms with Crippen LogP contribution in [0.15, 0.2) is 0 Å². The van der Waals surface area contributed by atoms with Crippen molar-refractivity contribution in [2.24, 2.45) is 0 Å². The molecule has 1 N–H and O–H groups in total. The molecule has 7 heteroatoms. The molecular weight excluding hydrogens is 260 g/mol. The topological polar surface area (TPSA) is 59.9 Å². The molecule has 1 fully saturated rings. The number of methoxy groups -OCH3 is 1. The van der Waals surface area contributed by atoms with Gasteiger partial charge in [-0.2, -0.15) is 26.7 Å². The van der Waals surface area contributed by atoms with Crippen molar-refractivity contribution >= 4 is 29.3 Å². The Labute approximate surface area is 110 Å². The molecule has 0 amide bonds. The lowest BCUT2D eigenvalue weighted by atomic mass is 10.2. The number of rotatable bonds is 4. The fourth-order valence-electron chi connectivity index (χ4n) is 1.96. The largest absolute Gasteiger partial charge is 0.467 e. The van der Waals surface area contributed by atoms with E-state index in [1.807, 2.05) is 11.8 Å². The van der Waals surface area contributed by atoms with Gasteiger partial charge >= 0.3 is 6.01 Å². The molecule has 1 aliphatic rings. The average Bonchev–Trinajstić information content (AvgIpc) is 2.76. The molecule has 1 aromatic rings. The lowest BCUT2D eigenvalue weighted by molar-refractivity contribution is 0.378. The van der Waals surface area contributed by atoms with Gasteiger partial charge in [0, 0.05) is 11.3 Å². The molecule has 5 nitrogen and oxygen atoms in total. The minimum atomic E-state index is 0.152. The van der Waals surface area contributed by atoms with E-state index in [1.165, 1.54) is 13.5 Å². The van der Waals surface area contributed by atoms with E-state index in [1.54, 1.807) is 0 Å². The summed E-state index contributed by atoms with van der Waals surface area (Å²) in [6.45, 7) is 0. The first-order valence-corrected chi connectivity index (χ1v) is 7.12. The maximum Gasteiger partial charge on any atom is 0.322 e. The Kier molecular flexibility index (Phi) is 4.28. The zero-order valence-corrected chi connectivity index (χ0v) is 11.4. The van der Waals surface area contributed by atoms with E-state index in [4.69, 9.17) is 16.3 Å². The molecular formula is C10H15ClN4OS. The van der Waals surface area contributed by atoms with E-state index in [2.05, 4.69) is 26.5 Å². The maximum absolute atomic E-state index is 5.78. The first kappa shape index (κ1) is 12.7.